The number of aromatic amines is 1. The number of benzene rings is 2. The lowest BCUT2D eigenvalue weighted by atomic mass is 10.1. The Morgan fingerprint density at radius 2 is 1.84 bits per heavy atom. The first kappa shape index (κ1) is 30.5. The molecular formula is C28H33ClN2O7. The average Bonchev–Trinajstić information content (AvgIpc) is 2.90. The van der Waals surface area contributed by atoms with Gasteiger partial charge in [-0.1, -0.05) is 49.2 Å². The maximum absolute atomic E-state index is 13.5. The summed E-state index contributed by atoms with van der Waals surface area (Å²) in [7, 11) is 0. The number of pyridine rings is 1. The van der Waals surface area contributed by atoms with Gasteiger partial charge in [-0.05, 0) is 44.0 Å². The first-order valence-electron chi connectivity index (χ1n) is 12.3. The molecular weight excluding hydrogens is 512 g/mol. The van der Waals surface area contributed by atoms with Crippen LogP contribution in [0.3, 0.4) is 0 Å². The summed E-state index contributed by atoms with van der Waals surface area (Å²) in [6.45, 7) is 6.61. The lowest BCUT2D eigenvalue weighted by Gasteiger charge is -2.23. The number of aliphatic carboxylic acids is 1. The molecule has 2 N–H and O–H groups in total. The second kappa shape index (κ2) is 15.5. The number of H-pyrrole nitrogens is 1. The van der Waals surface area contributed by atoms with Crippen LogP contribution in [0.1, 0.15) is 55.5 Å². The van der Waals surface area contributed by atoms with Gasteiger partial charge in [-0.25, -0.2) is 0 Å². The van der Waals surface area contributed by atoms with Crippen molar-refractivity contribution >= 4 is 46.4 Å². The molecule has 0 unspecified atom stereocenters. The van der Waals surface area contributed by atoms with Gasteiger partial charge in [-0.15, -0.1) is 0 Å². The van der Waals surface area contributed by atoms with Gasteiger partial charge in [0.1, 0.15) is 11.8 Å². The summed E-state index contributed by atoms with van der Waals surface area (Å²) in [5.74, 6) is -1.24. The van der Waals surface area contributed by atoms with E-state index in [-0.39, 0.29) is 30.9 Å². The third kappa shape index (κ3) is 8.16. The topological polar surface area (TPSA) is 126 Å². The number of carbonyl (C=O) groups excluding carboxylic acids is 2. The fourth-order valence-electron chi connectivity index (χ4n) is 3.58. The molecule has 204 valence electrons. The zero-order chi connectivity index (χ0) is 28.1. The molecule has 1 amide bonds. The molecule has 1 aromatic heterocycles. The highest BCUT2D eigenvalue weighted by molar-refractivity contribution is 6.36. The summed E-state index contributed by atoms with van der Waals surface area (Å²) in [5, 5.41) is 8.77. The van der Waals surface area contributed by atoms with Crippen molar-refractivity contribution in [1.29, 1.82) is 0 Å². The van der Waals surface area contributed by atoms with Gasteiger partial charge in [0.2, 0.25) is 0 Å². The van der Waals surface area contributed by atoms with Crippen molar-refractivity contribution in [2.45, 2.75) is 46.5 Å². The molecule has 2 aromatic carbocycles. The lowest BCUT2D eigenvalue weighted by molar-refractivity contribution is -0.137. The van der Waals surface area contributed by atoms with Crippen molar-refractivity contribution in [3.05, 3.63) is 69.0 Å². The van der Waals surface area contributed by atoms with E-state index in [0.717, 1.165) is 18.4 Å². The number of carboxylic acid groups (broad SMARTS) is 1. The molecule has 0 aliphatic heterocycles. The summed E-state index contributed by atoms with van der Waals surface area (Å²) < 4.78 is 11.4. The summed E-state index contributed by atoms with van der Waals surface area (Å²) >= 11 is 6.49. The molecule has 0 radical (unpaired) electrons. The van der Waals surface area contributed by atoms with Crippen LogP contribution in [0, 0.1) is 6.92 Å². The van der Waals surface area contributed by atoms with Crippen molar-refractivity contribution in [2.24, 2.45) is 0 Å². The smallest absolute Gasteiger partial charge is 0.303 e. The summed E-state index contributed by atoms with van der Waals surface area (Å²) in [4.78, 5) is 50.0. The molecule has 0 fully saturated rings. The van der Waals surface area contributed by atoms with E-state index in [0.29, 0.717) is 41.1 Å². The quantitative estimate of drug-likeness (QED) is 0.178. The summed E-state index contributed by atoms with van der Waals surface area (Å²) in [6.07, 6.45) is 2.54. The molecule has 0 saturated carbocycles. The number of rotatable bonds is 12. The van der Waals surface area contributed by atoms with Crippen LogP contribution in [0.4, 0.5) is 5.69 Å². The number of hydrogen-bond donors (Lipinski definition) is 2. The van der Waals surface area contributed by atoms with Crippen molar-refractivity contribution in [3.8, 4) is 5.75 Å². The van der Waals surface area contributed by atoms with E-state index in [1.165, 1.54) is 4.90 Å². The number of para-hydroxylation sites is 1. The minimum atomic E-state index is -0.924. The van der Waals surface area contributed by atoms with Crippen molar-refractivity contribution in [2.75, 3.05) is 24.8 Å². The molecule has 10 heteroatoms. The van der Waals surface area contributed by atoms with E-state index in [1.807, 2.05) is 50.2 Å². The van der Waals surface area contributed by atoms with Gasteiger partial charge in [0.15, 0.2) is 12.5 Å². The van der Waals surface area contributed by atoms with Crippen LogP contribution < -0.4 is 15.2 Å². The molecule has 9 nitrogen and oxygen atoms in total. The van der Waals surface area contributed by atoms with E-state index < -0.39 is 17.4 Å². The number of carbonyl (C=O) groups is 3. The molecule has 0 atom stereocenters. The second-order valence-electron chi connectivity index (χ2n) is 8.28. The van der Waals surface area contributed by atoms with Gasteiger partial charge in [0.05, 0.1) is 29.0 Å². The predicted molar refractivity (Wildman–Crippen MR) is 147 cm³/mol. The Bertz CT molecular complexity index is 1290. The molecule has 38 heavy (non-hydrogen) atoms. The Labute approximate surface area is 226 Å². The van der Waals surface area contributed by atoms with E-state index in [9.17, 15) is 19.2 Å². The molecule has 0 bridgehead atoms. The van der Waals surface area contributed by atoms with Crippen LogP contribution in [0.2, 0.25) is 5.02 Å². The highest BCUT2D eigenvalue weighted by Crippen LogP contribution is 2.35. The number of hydrogen-bond acceptors (Lipinski definition) is 6. The van der Waals surface area contributed by atoms with Crippen molar-refractivity contribution in [1.82, 2.24) is 4.98 Å². The molecule has 3 aromatic rings. The fourth-order valence-corrected chi connectivity index (χ4v) is 3.83. The predicted octanol–water partition coefficient (Wildman–Crippen LogP) is 5.36. The maximum Gasteiger partial charge on any atom is 0.303 e. The Balaban J connectivity index is 0.000000638. The minimum absolute atomic E-state index is 0.0521. The summed E-state index contributed by atoms with van der Waals surface area (Å²) in [5.41, 5.74) is 1.43. The van der Waals surface area contributed by atoms with Crippen LogP contribution >= 0.6 is 11.6 Å². The van der Waals surface area contributed by atoms with E-state index >= 15 is 0 Å². The molecule has 0 spiro atoms. The maximum atomic E-state index is 13.5. The Morgan fingerprint density at radius 1 is 1.13 bits per heavy atom. The molecule has 0 aliphatic rings. The number of carboxylic acids is 1. The van der Waals surface area contributed by atoms with Gasteiger partial charge in [0, 0.05) is 18.7 Å². The molecule has 0 saturated heterocycles. The van der Waals surface area contributed by atoms with Crippen molar-refractivity contribution < 1.29 is 29.0 Å². The van der Waals surface area contributed by atoms with E-state index in [2.05, 4.69) is 11.9 Å². The SMILES string of the molecule is CCCCOCOc1c(C(=O)N(CC)c2ccccc2)c(=O)[nH]c2c(C)ccc(Cl)c12.O=CCCC(=O)O. The minimum Gasteiger partial charge on any atom is -0.481 e. The number of nitrogens with zero attached hydrogens (tertiary/aromatic N) is 1. The number of halogens is 1. The number of ether oxygens (including phenoxy) is 2. The fraction of sp³-hybridized carbons (Fsp3) is 0.357. The van der Waals surface area contributed by atoms with Crippen LogP contribution in [-0.2, 0) is 14.3 Å². The number of aryl methyl sites for hydroxylation is 1. The number of aromatic nitrogens is 1. The highest BCUT2D eigenvalue weighted by Gasteiger charge is 2.27. The first-order chi connectivity index (χ1) is 18.3. The number of amides is 1. The van der Waals surface area contributed by atoms with Crippen LogP contribution in [0.5, 0.6) is 5.75 Å². The molecule has 1 heterocycles. The number of nitrogens with one attached hydrogen (secondary N) is 1. The number of aldehydes is 1. The largest absolute Gasteiger partial charge is 0.481 e. The third-order valence-corrected chi connectivity index (χ3v) is 5.85. The second-order valence-corrected chi connectivity index (χ2v) is 8.69. The standard InChI is InChI=1S/C24H27ClN2O4.C4H6O3/c1-4-6-14-30-15-31-22-19-18(25)13-12-16(3)21(19)26-23(28)20(22)24(29)27(5-2)17-10-8-7-9-11-17;5-3-1-2-4(6)7/h7-13H,4-6,14-15H2,1-3H3,(H,26,28);3H,1-2H2,(H,6,7). The Morgan fingerprint density at radius 3 is 2.42 bits per heavy atom. The number of anilines is 1. The first-order valence-corrected chi connectivity index (χ1v) is 12.7. The van der Waals surface area contributed by atoms with Crippen LogP contribution in [0.25, 0.3) is 10.9 Å². The zero-order valence-corrected chi connectivity index (χ0v) is 22.5. The van der Waals surface area contributed by atoms with Crippen molar-refractivity contribution in [3.63, 3.8) is 0 Å². The molecule has 0 aliphatic carbocycles. The highest BCUT2D eigenvalue weighted by atomic mass is 35.5. The normalized spacial score (nSPS) is 10.4. The van der Waals surface area contributed by atoms with Crippen LogP contribution in [0.15, 0.2) is 47.3 Å². The van der Waals surface area contributed by atoms with Gasteiger partial charge in [-0.2, -0.15) is 0 Å². The average molecular weight is 545 g/mol. The van der Waals surface area contributed by atoms with Gasteiger partial charge in [-0.3, -0.25) is 14.4 Å². The zero-order valence-electron chi connectivity index (χ0n) is 21.8. The third-order valence-electron chi connectivity index (χ3n) is 5.53. The Kier molecular flexibility index (Phi) is 12.5. The number of unbranched alkanes of at least 4 members (excludes halogenated alkanes) is 1. The van der Waals surface area contributed by atoms with Gasteiger partial charge < -0.3 is 29.3 Å². The number of fused-ring (bicyclic) bond motifs is 1. The lowest BCUT2D eigenvalue weighted by Crippen LogP contribution is -2.35. The summed E-state index contributed by atoms with van der Waals surface area (Å²) in [6, 6.07) is 12.7. The van der Waals surface area contributed by atoms with Crippen LogP contribution in [-0.4, -0.2) is 48.2 Å². The monoisotopic (exact) mass is 544 g/mol. The van der Waals surface area contributed by atoms with Gasteiger partial charge in [0.25, 0.3) is 11.5 Å². The van der Waals surface area contributed by atoms with E-state index in [4.69, 9.17) is 26.2 Å². The van der Waals surface area contributed by atoms with Gasteiger partial charge >= 0.3 is 5.97 Å². The van der Waals surface area contributed by atoms with E-state index in [1.54, 1.807) is 6.07 Å². The molecule has 3 rings (SSSR count). The Hall–Kier alpha value is -3.69.